The Morgan fingerprint density at radius 2 is 1.96 bits per heavy atom. The van der Waals surface area contributed by atoms with E-state index in [9.17, 15) is 4.79 Å². The second-order valence-corrected chi connectivity index (χ2v) is 5.91. The maximum atomic E-state index is 12.9. The Balaban J connectivity index is 1.67. The van der Waals surface area contributed by atoms with Crippen molar-refractivity contribution in [2.75, 3.05) is 5.32 Å². The molecule has 0 unspecified atom stereocenters. The number of nitrogens with one attached hydrogen (secondary N) is 1. The fraction of sp³-hybridized carbons (Fsp3) is 0.158. The van der Waals surface area contributed by atoms with Crippen LogP contribution >= 0.6 is 0 Å². The van der Waals surface area contributed by atoms with Gasteiger partial charge in [-0.2, -0.15) is 10.1 Å². The zero-order valence-corrected chi connectivity index (χ0v) is 14.2. The molecule has 1 N–H and O–H groups in total. The molecule has 0 amide bonds. The van der Waals surface area contributed by atoms with Gasteiger partial charge in [-0.25, -0.2) is 9.48 Å². The van der Waals surface area contributed by atoms with Crippen molar-refractivity contribution >= 4 is 11.9 Å². The number of carbonyl (C=O) groups is 1. The lowest BCUT2D eigenvalue weighted by molar-refractivity contribution is -0.140. The average Bonchev–Trinajstić information content (AvgIpc) is 3.14. The second-order valence-electron chi connectivity index (χ2n) is 5.91. The third kappa shape index (κ3) is 2.95. The zero-order valence-electron chi connectivity index (χ0n) is 14.2. The molecule has 0 saturated heterocycles. The standard InChI is InChI=1S/C19H17N5O2/c1-13-16(18(25)26-11-14-7-3-2-4-8-14)17(15-9-5-6-10-20-15)24-19(23-13)21-12-22-24/h2-10,12,17H,11H2,1H3,(H,21,22,23)/t17-/m0/s1. The Morgan fingerprint density at radius 3 is 2.73 bits per heavy atom. The molecule has 1 aliphatic rings. The molecular formula is C19H17N5O2. The molecule has 0 fully saturated rings. The molecule has 0 radical (unpaired) electrons. The monoisotopic (exact) mass is 347 g/mol. The van der Waals surface area contributed by atoms with E-state index >= 15 is 0 Å². The summed E-state index contributed by atoms with van der Waals surface area (Å²) in [6, 6.07) is 14.7. The van der Waals surface area contributed by atoms with E-state index in [0.717, 1.165) is 5.56 Å². The molecule has 1 aromatic carbocycles. The van der Waals surface area contributed by atoms with Crippen LogP contribution in [0.1, 0.15) is 24.2 Å². The van der Waals surface area contributed by atoms with E-state index in [1.165, 1.54) is 6.33 Å². The van der Waals surface area contributed by atoms with Crippen LogP contribution in [0, 0.1) is 0 Å². The van der Waals surface area contributed by atoms with Crippen LogP contribution in [-0.2, 0) is 16.1 Å². The number of pyridine rings is 1. The summed E-state index contributed by atoms with van der Waals surface area (Å²) in [5.74, 6) is 0.161. The van der Waals surface area contributed by atoms with Gasteiger partial charge in [0.2, 0.25) is 5.95 Å². The number of allylic oxidation sites excluding steroid dienone is 1. The largest absolute Gasteiger partial charge is 0.457 e. The SMILES string of the molecule is CC1=C(C(=O)OCc2ccccc2)[C@H](c2ccccn2)n2ncnc2N1. The van der Waals surface area contributed by atoms with Crippen molar-refractivity contribution in [1.82, 2.24) is 19.7 Å². The van der Waals surface area contributed by atoms with E-state index in [-0.39, 0.29) is 6.61 Å². The minimum Gasteiger partial charge on any atom is -0.457 e. The van der Waals surface area contributed by atoms with Crippen molar-refractivity contribution in [3.05, 3.63) is 83.6 Å². The molecule has 130 valence electrons. The first kappa shape index (κ1) is 16.0. The lowest BCUT2D eigenvalue weighted by atomic mass is 10.00. The maximum absolute atomic E-state index is 12.9. The Hall–Kier alpha value is -3.48. The van der Waals surface area contributed by atoms with Crippen molar-refractivity contribution in [1.29, 1.82) is 0 Å². The molecule has 7 heteroatoms. The highest BCUT2D eigenvalue weighted by Gasteiger charge is 2.35. The van der Waals surface area contributed by atoms with Gasteiger partial charge in [-0.15, -0.1) is 0 Å². The molecule has 4 rings (SSSR count). The molecule has 0 bridgehead atoms. The zero-order chi connectivity index (χ0) is 17.9. The minimum absolute atomic E-state index is 0.204. The summed E-state index contributed by atoms with van der Waals surface area (Å²) in [4.78, 5) is 21.5. The number of aromatic nitrogens is 4. The average molecular weight is 347 g/mol. The number of hydrogen-bond donors (Lipinski definition) is 1. The summed E-state index contributed by atoms with van der Waals surface area (Å²) in [6.45, 7) is 2.03. The number of anilines is 1. The Kier molecular flexibility index (Phi) is 4.18. The third-order valence-corrected chi connectivity index (χ3v) is 4.19. The summed E-state index contributed by atoms with van der Waals surface area (Å²) in [5.41, 5.74) is 2.78. The molecule has 3 aromatic rings. The third-order valence-electron chi connectivity index (χ3n) is 4.19. The second kappa shape index (κ2) is 6.79. The van der Waals surface area contributed by atoms with Crippen molar-refractivity contribution in [3.8, 4) is 0 Å². The predicted molar refractivity (Wildman–Crippen MR) is 95.0 cm³/mol. The van der Waals surface area contributed by atoms with Crippen molar-refractivity contribution in [3.63, 3.8) is 0 Å². The molecule has 0 spiro atoms. The molecule has 3 heterocycles. The first-order chi connectivity index (χ1) is 12.7. The van der Waals surface area contributed by atoms with Crippen LogP contribution < -0.4 is 5.32 Å². The van der Waals surface area contributed by atoms with Gasteiger partial charge < -0.3 is 10.1 Å². The number of rotatable bonds is 4. The van der Waals surface area contributed by atoms with Gasteiger partial charge in [0.1, 0.15) is 19.0 Å². The number of esters is 1. The van der Waals surface area contributed by atoms with E-state index < -0.39 is 12.0 Å². The van der Waals surface area contributed by atoms with Gasteiger partial charge in [0.05, 0.1) is 11.3 Å². The highest BCUT2D eigenvalue weighted by atomic mass is 16.5. The van der Waals surface area contributed by atoms with Gasteiger partial charge in [0, 0.05) is 11.9 Å². The molecule has 0 saturated carbocycles. The molecule has 1 atom stereocenters. The summed E-state index contributed by atoms with van der Waals surface area (Å²) in [7, 11) is 0. The number of benzene rings is 1. The fourth-order valence-electron chi connectivity index (χ4n) is 2.97. The summed E-state index contributed by atoms with van der Waals surface area (Å²) < 4.78 is 7.20. The van der Waals surface area contributed by atoms with E-state index in [0.29, 0.717) is 22.9 Å². The van der Waals surface area contributed by atoms with E-state index in [1.807, 2.05) is 55.5 Å². The number of fused-ring (bicyclic) bond motifs is 1. The topological polar surface area (TPSA) is 81.9 Å². The Morgan fingerprint density at radius 1 is 1.15 bits per heavy atom. The Labute approximate surface area is 150 Å². The number of carbonyl (C=O) groups excluding carboxylic acids is 1. The van der Waals surface area contributed by atoms with E-state index in [2.05, 4.69) is 20.4 Å². The van der Waals surface area contributed by atoms with Crippen LogP contribution in [0.25, 0.3) is 0 Å². The highest BCUT2D eigenvalue weighted by Crippen LogP contribution is 2.34. The summed E-state index contributed by atoms with van der Waals surface area (Å²) >= 11 is 0. The van der Waals surface area contributed by atoms with E-state index in [4.69, 9.17) is 4.74 Å². The van der Waals surface area contributed by atoms with Gasteiger partial charge in [-0.05, 0) is 24.6 Å². The van der Waals surface area contributed by atoms with Crippen LogP contribution in [0.5, 0.6) is 0 Å². The quantitative estimate of drug-likeness (QED) is 0.731. The van der Waals surface area contributed by atoms with Gasteiger partial charge >= 0.3 is 5.97 Å². The number of hydrogen-bond acceptors (Lipinski definition) is 6. The van der Waals surface area contributed by atoms with Crippen LogP contribution in [0.2, 0.25) is 0 Å². The number of nitrogens with zero attached hydrogens (tertiary/aromatic N) is 4. The van der Waals surface area contributed by atoms with Gasteiger partial charge in [0.15, 0.2) is 0 Å². The highest BCUT2D eigenvalue weighted by molar-refractivity contribution is 5.92. The fourth-order valence-corrected chi connectivity index (χ4v) is 2.97. The molecule has 1 aliphatic heterocycles. The van der Waals surface area contributed by atoms with Crippen LogP contribution in [-0.4, -0.2) is 25.7 Å². The van der Waals surface area contributed by atoms with Crippen LogP contribution in [0.3, 0.4) is 0 Å². The lowest BCUT2D eigenvalue weighted by Gasteiger charge is -2.27. The summed E-state index contributed by atoms with van der Waals surface area (Å²) in [5, 5.41) is 7.37. The molecule has 7 nitrogen and oxygen atoms in total. The number of ether oxygens (including phenoxy) is 1. The van der Waals surface area contributed by atoms with Crippen LogP contribution in [0.4, 0.5) is 5.95 Å². The predicted octanol–water partition coefficient (Wildman–Crippen LogP) is 2.71. The molecule has 26 heavy (non-hydrogen) atoms. The smallest absolute Gasteiger partial charge is 0.338 e. The van der Waals surface area contributed by atoms with Gasteiger partial charge in [0.25, 0.3) is 0 Å². The maximum Gasteiger partial charge on any atom is 0.338 e. The molecule has 2 aromatic heterocycles. The van der Waals surface area contributed by atoms with Crippen molar-refractivity contribution in [2.24, 2.45) is 0 Å². The van der Waals surface area contributed by atoms with Crippen LogP contribution in [0.15, 0.2) is 72.3 Å². The van der Waals surface area contributed by atoms with Crippen molar-refractivity contribution < 1.29 is 9.53 Å². The van der Waals surface area contributed by atoms with Gasteiger partial charge in [-0.3, -0.25) is 4.98 Å². The van der Waals surface area contributed by atoms with Crippen molar-refractivity contribution in [2.45, 2.75) is 19.6 Å². The first-order valence-electron chi connectivity index (χ1n) is 8.23. The minimum atomic E-state index is -0.488. The normalized spacial score (nSPS) is 16.0. The lowest BCUT2D eigenvalue weighted by Crippen LogP contribution is -2.30. The molecular weight excluding hydrogens is 330 g/mol. The molecule has 0 aliphatic carbocycles. The first-order valence-corrected chi connectivity index (χ1v) is 8.23. The van der Waals surface area contributed by atoms with E-state index in [1.54, 1.807) is 10.9 Å². The Bertz CT molecular complexity index is 950. The summed E-state index contributed by atoms with van der Waals surface area (Å²) in [6.07, 6.45) is 3.14. The van der Waals surface area contributed by atoms with Gasteiger partial charge in [-0.1, -0.05) is 36.4 Å².